The van der Waals surface area contributed by atoms with Gasteiger partial charge in [-0.05, 0) is 35.0 Å². The number of rotatable bonds is 2. The summed E-state index contributed by atoms with van der Waals surface area (Å²) in [5.74, 6) is 0.389. The number of hydrogen-bond donors (Lipinski definition) is 4. The Morgan fingerprint density at radius 3 is 2.33 bits per heavy atom. The summed E-state index contributed by atoms with van der Waals surface area (Å²) < 4.78 is 5.50. The predicted molar refractivity (Wildman–Crippen MR) is 90.3 cm³/mol. The second-order valence-electron chi connectivity index (χ2n) is 5.86. The molecule has 3 aromatic rings. The average Bonchev–Trinajstić information content (AvgIpc) is 3.08. The Morgan fingerprint density at radius 2 is 1.71 bits per heavy atom. The molecule has 0 saturated carbocycles. The van der Waals surface area contributed by atoms with Crippen molar-refractivity contribution in [2.24, 2.45) is 0 Å². The summed E-state index contributed by atoms with van der Waals surface area (Å²) in [6.07, 6.45) is -4.00. The molecule has 8 heteroatoms. The number of nitrogens with one attached hydrogen (secondary N) is 1. The van der Waals surface area contributed by atoms with E-state index in [4.69, 9.17) is 27.9 Å². The minimum absolute atomic E-state index is 0.379. The number of aromatic amines is 1. The first-order valence-electron chi connectivity index (χ1n) is 7.39. The van der Waals surface area contributed by atoms with Crippen LogP contribution in [0.4, 0.5) is 0 Å². The topological polar surface area (TPSA) is 98.6 Å². The molecule has 0 bridgehead atoms. The zero-order valence-electron chi connectivity index (χ0n) is 12.3. The number of nitrogens with zero attached hydrogens (tertiary/aromatic N) is 1. The predicted octanol–water partition coefficient (Wildman–Crippen LogP) is 2.18. The molecule has 1 fully saturated rings. The van der Waals surface area contributed by atoms with E-state index in [2.05, 4.69) is 9.97 Å². The smallest absolute Gasteiger partial charge is 0.144 e. The van der Waals surface area contributed by atoms with Gasteiger partial charge in [0.25, 0.3) is 0 Å². The number of H-pyrrole nitrogens is 1. The van der Waals surface area contributed by atoms with Crippen LogP contribution in [0.1, 0.15) is 11.9 Å². The molecule has 126 valence electrons. The van der Waals surface area contributed by atoms with E-state index in [0.29, 0.717) is 21.4 Å². The van der Waals surface area contributed by atoms with Gasteiger partial charge in [0.2, 0.25) is 0 Å². The van der Waals surface area contributed by atoms with Gasteiger partial charge in [-0.3, -0.25) is 0 Å². The van der Waals surface area contributed by atoms with Gasteiger partial charge in [-0.1, -0.05) is 23.2 Å². The zero-order chi connectivity index (χ0) is 17.0. The maximum absolute atomic E-state index is 10.1. The molecule has 4 atom stereocenters. The van der Waals surface area contributed by atoms with Crippen LogP contribution in [0, 0.1) is 0 Å². The van der Waals surface area contributed by atoms with E-state index in [9.17, 15) is 15.3 Å². The number of aromatic nitrogens is 2. The molecule has 6 nitrogen and oxygen atoms in total. The molecule has 2 aromatic carbocycles. The van der Waals surface area contributed by atoms with E-state index < -0.39 is 24.4 Å². The Balaban J connectivity index is 1.79. The van der Waals surface area contributed by atoms with Gasteiger partial charge in [-0.15, -0.1) is 0 Å². The van der Waals surface area contributed by atoms with Gasteiger partial charge in [0.15, 0.2) is 0 Å². The molecule has 0 radical (unpaired) electrons. The summed E-state index contributed by atoms with van der Waals surface area (Å²) in [6.45, 7) is -0.379. The van der Waals surface area contributed by atoms with Crippen LogP contribution < -0.4 is 0 Å². The van der Waals surface area contributed by atoms with Gasteiger partial charge in [-0.25, -0.2) is 4.98 Å². The number of aliphatic hydroxyl groups is 3. The van der Waals surface area contributed by atoms with Crippen molar-refractivity contribution in [3.05, 3.63) is 40.1 Å². The van der Waals surface area contributed by atoms with E-state index in [1.807, 2.05) is 12.1 Å². The molecule has 1 aromatic heterocycles. The summed E-state index contributed by atoms with van der Waals surface area (Å²) in [4.78, 5) is 7.54. The largest absolute Gasteiger partial charge is 0.394 e. The fraction of sp³-hybridized carbons (Fsp3) is 0.312. The lowest BCUT2D eigenvalue weighted by Gasteiger charge is -2.11. The Bertz CT molecular complexity index is 871. The highest BCUT2D eigenvalue weighted by atomic mass is 35.5. The summed E-state index contributed by atoms with van der Waals surface area (Å²) >= 11 is 12.1. The molecular formula is C16H14Cl2N2O4. The van der Waals surface area contributed by atoms with Gasteiger partial charge < -0.3 is 25.0 Å². The molecule has 1 aliphatic heterocycles. The monoisotopic (exact) mass is 368 g/mol. The third-order valence-electron chi connectivity index (χ3n) is 4.31. The van der Waals surface area contributed by atoms with Gasteiger partial charge in [-0.2, -0.15) is 0 Å². The van der Waals surface area contributed by atoms with Crippen LogP contribution in [-0.2, 0) is 4.74 Å². The molecule has 0 spiro atoms. The van der Waals surface area contributed by atoms with E-state index in [1.54, 1.807) is 12.1 Å². The summed E-state index contributed by atoms with van der Waals surface area (Å²) in [5, 5.41) is 31.9. The van der Waals surface area contributed by atoms with Crippen molar-refractivity contribution in [3.63, 3.8) is 0 Å². The number of ether oxygens (including phenoxy) is 1. The summed E-state index contributed by atoms with van der Waals surface area (Å²) in [5.41, 5.74) is 1.42. The highest BCUT2D eigenvalue weighted by Crippen LogP contribution is 2.34. The molecule has 4 unspecified atom stereocenters. The van der Waals surface area contributed by atoms with Crippen molar-refractivity contribution >= 4 is 45.0 Å². The maximum atomic E-state index is 10.1. The second kappa shape index (κ2) is 5.84. The number of hydrogen-bond acceptors (Lipinski definition) is 5. The molecule has 0 amide bonds. The first kappa shape index (κ1) is 16.1. The van der Waals surface area contributed by atoms with Gasteiger partial charge >= 0.3 is 0 Å². The lowest BCUT2D eigenvalue weighted by Crippen LogP contribution is -2.32. The van der Waals surface area contributed by atoms with Gasteiger partial charge in [0.1, 0.15) is 30.2 Å². The Kier molecular flexibility index (Phi) is 3.91. The molecule has 2 heterocycles. The van der Waals surface area contributed by atoms with Crippen LogP contribution in [0.5, 0.6) is 0 Å². The van der Waals surface area contributed by atoms with Crippen LogP contribution in [0.3, 0.4) is 0 Å². The van der Waals surface area contributed by atoms with E-state index in [-0.39, 0.29) is 6.61 Å². The minimum Gasteiger partial charge on any atom is -0.394 e. The fourth-order valence-corrected chi connectivity index (χ4v) is 3.37. The third-order valence-corrected chi connectivity index (χ3v) is 5.03. The van der Waals surface area contributed by atoms with Crippen LogP contribution in [0.25, 0.3) is 21.8 Å². The van der Waals surface area contributed by atoms with Gasteiger partial charge in [0, 0.05) is 0 Å². The number of benzene rings is 2. The maximum Gasteiger partial charge on any atom is 0.144 e. The van der Waals surface area contributed by atoms with Crippen molar-refractivity contribution in [1.29, 1.82) is 0 Å². The summed E-state index contributed by atoms with van der Waals surface area (Å²) in [7, 11) is 0. The first-order valence-corrected chi connectivity index (χ1v) is 8.14. The number of fused-ring (bicyclic) bond motifs is 2. The normalized spacial score (nSPS) is 27.4. The van der Waals surface area contributed by atoms with E-state index in [0.717, 1.165) is 16.3 Å². The average molecular weight is 369 g/mol. The Morgan fingerprint density at radius 1 is 1.04 bits per heavy atom. The van der Waals surface area contributed by atoms with E-state index >= 15 is 0 Å². The fourth-order valence-electron chi connectivity index (χ4n) is 3.03. The van der Waals surface area contributed by atoms with Crippen molar-refractivity contribution in [2.75, 3.05) is 6.61 Å². The Hall–Kier alpha value is -1.41. The molecule has 1 saturated heterocycles. The molecule has 4 N–H and O–H groups in total. The zero-order valence-corrected chi connectivity index (χ0v) is 13.8. The number of halogens is 2. The molecular weight excluding hydrogens is 355 g/mol. The quantitative estimate of drug-likeness (QED) is 0.555. The van der Waals surface area contributed by atoms with Crippen LogP contribution in [0.2, 0.25) is 10.0 Å². The Labute approximate surface area is 146 Å². The third kappa shape index (κ3) is 2.47. The lowest BCUT2D eigenvalue weighted by atomic mass is 10.1. The van der Waals surface area contributed by atoms with Gasteiger partial charge in [0.05, 0.1) is 27.7 Å². The second-order valence-corrected chi connectivity index (χ2v) is 6.68. The SMILES string of the molecule is OCC1OC(c2nc3cc4cc(Cl)c(Cl)cc4cc3[nH]2)C(O)C1O. The molecule has 1 aliphatic rings. The van der Waals surface area contributed by atoms with E-state index in [1.165, 1.54) is 0 Å². The lowest BCUT2D eigenvalue weighted by molar-refractivity contribution is -0.0249. The molecule has 24 heavy (non-hydrogen) atoms. The highest BCUT2D eigenvalue weighted by molar-refractivity contribution is 6.42. The first-order chi connectivity index (χ1) is 11.5. The van der Waals surface area contributed by atoms with Crippen molar-refractivity contribution in [2.45, 2.75) is 24.4 Å². The standard InChI is InChI=1S/C16H14Cl2N2O4/c17-8-1-6-3-10-11(4-7(6)2-9(8)18)20-16(19-10)15-14(23)13(22)12(5-21)24-15/h1-4,12-15,21-23H,5H2,(H,19,20). The molecule has 4 rings (SSSR count). The van der Waals surface area contributed by atoms with Crippen molar-refractivity contribution in [3.8, 4) is 0 Å². The van der Waals surface area contributed by atoms with Crippen molar-refractivity contribution < 1.29 is 20.1 Å². The van der Waals surface area contributed by atoms with Crippen LogP contribution in [-0.4, -0.2) is 50.2 Å². The minimum atomic E-state index is -1.17. The molecule has 0 aliphatic carbocycles. The number of aliphatic hydroxyl groups excluding tert-OH is 3. The number of imidazole rings is 1. The van der Waals surface area contributed by atoms with Crippen LogP contribution >= 0.6 is 23.2 Å². The van der Waals surface area contributed by atoms with Crippen LogP contribution in [0.15, 0.2) is 24.3 Å². The summed E-state index contributed by atoms with van der Waals surface area (Å²) in [6, 6.07) is 7.27. The highest BCUT2D eigenvalue weighted by Gasteiger charge is 2.44. The van der Waals surface area contributed by atoms with Crippen molar-refractivity contribution in [1.82, 2.24) is 9.97 Å².